The molecule has 0 aromatic heterocycles. The summed E-state index contributed by atoms with van der Waals surface area (Å²) in [4.78, 5) is 24.7. The van der Waals surface area contributed by atoms with Crippen molar-refractivity contribution in [1.29, 1.82) is 5.26 Å². The van der Waals surface area contributed by atoms with Gasteiger partial charge >= 0.3 is 6.18 Å². The number of aryl methyl sites for hydroxylation is 1. The molecule has 0 saturated heterocycles. The lowest BCUT2D eigenvalue weighted by molar-refractivity contribution is -0.137. The van der Waals surface area contributed by atoms with Crippen LogP contribution in [-0.4, -0.2) is 11.8 Å². The predicted molar refractivity (Wildman–Crippen MR) is 114 cm³/mol. The van der Waals surface area contributed by atoms with E-state index in [9.17, 15) is 22.8 Å². The van der Waals surface area contributed by atoms with Gasteiger partial charge in [0, 0.05) is 23.4 Å². The Hall–Kier alpha value is -4.12. The SMILES string of the molecule is N#Cc1ccc(CCC(=O)Nc2cccc(C(=O)Nc3cccc(C(F)(F)F)c3)c2)cc1. The number of nitrogens with one attached hydrogen (secondary N) is 2. The van der Waals surface area contributed by atoms with Crippen LogP contribution in [0.5, 0.6) is 0 Å². The lowest BCUT2D eigenvalue weighted by Crippen LogP contribution is -2.15. The Morgan fingerprint density at radius 3 is 2.19 bits per heavy atom. The number of nitriles is 1. The first-order valence-corrected chi connectivity index (χ1v) is 9.62. The number of nitrogens with zero attached hydrogens (tertiary/aromatic N) is 1. The number of hydrogen-bond acceptors (Lipinski definition) is 3. The molecule has 0 atom stereocenters. The summed E-state index contributed by atoms with van der Waals surface area (Å²) in [6, 6.07) is 19.4. The molecular weight excluding hydrogens is 419 g/mol. The van der Waals surface area contributed by atoms with Crippen molar-refractivity contribution in [3.05, 3.63) is 95.1 Å². The molecular formula is C24H18F3N3O2. The van der Waals surface area contributed by atoms with E-state index < -0.39 is 17.6 Å². The maximum Gasteiger partial charge on any atom is 0.416 e. The number of benzene rings is 3. The number of anilines is 2. The van der Waals surface area contributed by atoms with Crippen molar-refractivity contribution in [1.82, 2.24) is 0 Å². The van der Waals surface area contributed by atoms with Gasteiger partial charge in [0.2, 0.25) is 5.91 Å². The minimum Gasteiger partial charge on any atom is -0.326 e. The van der Waals surface area contributed by atoms with Crippen LogP contribution in [0, 0.1) is 11.3 Å². The van der Waals surface area contributed by atoms with Gasteiger partial charge in [-0.1, -0.05) is 24.3 Å². The molecule has 0 fully saturated rings. The van der Waals surface area contributed by atoms with Crippen molar-refractivity contribution in [3.8, 4) is 6.07 Å². The van der Waals surface area contributed by atoms with Crippen molar-refractivity contribution in [2.45, 2.75) is 19.0 Å². The summed E-state index contributed by atoms with van der Waals surface area (Å²) in [6.45, 7) is 0. The Morgan fingerprint density at radius 1 is 0.875 bits per heavy atom. The normalized spacial score (nSPS) is 10.8. The lowest BCUT2D eigenvalue weighted by Gasteiger charge is -2.11. The molecule has 3 rings (SSSR count). The molecule has 2 N–H and O–H groups in total. The van der Waals surface area contributed by atoms with E-state index in [1.807, 2.05) is 6.07 Å². The van der Waals surface area contributed by atoms with Crippen LogP contribution in [-0.2, 0) is 17.4 Å². The number of halogens is 3. The van der Waals surface area contributed by atoms with Crippen LogP contribution in [0.4, 0.5) is 24.5 Å². The highest BCUT2D eigenvalue weighted by molar-refractivity contribution is 6.05. The fourth-order valence-corrected chi connectivity index (χ4v) is 2.94. The minimum atomic E-state index is -4.51. The largest absolute Gasteiger partial charge is 0.416 e. The van der Waals surface area contributed by atoms with Gasteiger partial charge in [-0.3, -0.25) is 9.59 Å². The Bertz CT molecular complexity index is 1170. The molecule has 5 nitrogen and oxygen atoms in total. The van der Waals surface area contributed by atoms with Gasteiger partial charge in [-0.15, -0.1) is 0 Å². The zero-order valence-corrected chi connectivity index (χ0v) is 16.7. The summed E-state index contributed by atoms with van der Waals surface area (Å²) in [5.74, 6) is -0.859. The van der Waals surface area contributed by atoms with Crippen LogP contribution in [0.1, 0.15) is 33.5 Å². The molecule has 0 heterocycles. The molecule has 0 aliphatic rings. The quantitative estimate of drug-likeness (QED) is 0.542. The van der Waals surface area contributed by atoms with Crippen molar-refractivity contribution in [3.63, 3.8) is 0 Å². The number of rotatable bonds is 6. The first-order chi connectivity index (χ1) is 15.2. The second-order valence-corrected chi connectivity index (χ2v) is 6.97. The Morgan fingerprint density at radius 2 is 1.53 bits per heavy atom. The van der Waals surface area contributed by atoms with Crippen LogP contribution in [0.15, 0.2) is 72.8 Å². The maximum absolute atomic E-state index is 12.8. The lowest BCUT2D eigenvalue weighted by atomic mass is 10.1. The topological polar surface area (TPSA) is 82.0 Å². The highest BCUT2D eigenvalue weighted by Gasteiger charge is 2.30. The molecule has 0 bridgehead atoms. The molecule has 0 radical (unpaired) electrons. The zero-order chi connectivity index (χ0) is 23.1. The van der Waals surface area contributed by atoms with Crippen molar-refractivity contribution < 1.29 is 22.8 Å². The second kappa shape index (κ2) is 9.79. The van der Waals surface area contributed by atoms with E-state index in [0.29, 0.717) is 17.7 Å². The van der Waals surface area contributed by atoms with Crippen LogP contribution >= 0.6 is 0 Å². The van der Waals surface area contributed by atoms with Gasteiger partial charge in [-0.25, -0.2) is 0 Å². The zero-order valence-electron chi connectivity index (χ0n) is 16.7. The summed E-state index contributed by atoms with van der Waals surface area (Å²) < 4.78 is 38.5. The molecule has 32 heavy (non-hydrogen) atoms. The average Bonchev–Trinajstić information content (AvgIpc) is 2.78. The fraction of sp³-hybridized carbons (Fsp3) is 0.125. The third-order valence-electron chi connectivity index (χ3n) is 4.58. The molecule has 8 heteroatoms. The van der Waals surface area contributed by atoms with E-state index in [1.165, 1.54) is 24.3 Å². The number of hydrogen-bond donors (Lipinski definition) is 2. The molecule has 2 amide bonds. The van der Waals surface area contributed by atoms with E-state index in [2.05, 4.69) is 10.6 Å². The van der Waals surface area contributed by atoms with Gasteiger partial charge in [0.05, 0.1) is 17.2 Å². The molecule has 0 aliphatic heterocycles. The average molecular weight is 437 g/mol. The summed E-state index contributed by atoms with van der Waals surface area (Å²) in [5.41, 5.74) is 1.19. The Labute approximate surface area is 182 Å². The first kappa shape index (κ1) is 22.6. The Balaban J connectivity index is 1.60. The third kappa shape index (κ3) is 6.19. The minimum absolute atomic E-state index is 0.0154. The van der Waals surface area contributed by atoms with Gasteiger partial charge in [0.15, 0.2) is 0 Å². The maximum atomic E-state index is 12.8. The van der Waals surface area contributed by atoms with Crippen molar-refractivity contribution in [2.24, 2.45) is 0 Å². The van der Waals surface area contributed by atoms with Crippen LogP contribution in [0.25, 0.3) is 0 Å². The highest BCUT2D eigenvalue weighted by atomic mass is 19.4. The molecule has 3 aromatic rings. The van der Waals surface area contributed by atoms with Crippen molar-refractivity contribution >= 4 is 23.2 Å². The number of alkyl halides is 3. The fourth-order valence-electron chi connectivity index (χ4n) is 2.94. The smallest absolute Gasteiger partial charge is 0.326 e. The molecule has 0 unspecified atom stereocenters. The molecule has 3 aromatic carbocycles. The molecule has 0 aliphatic carbocycles. The summed E-state index contributed by atoms with van der Waals surface area (Å²) >= 11 is 0. The van der Waals surface area contributed by atoms with E-state index in [-0.39, 0.29) is 23.6 Å². The van der Waals surface area contributed by atoms with Crippen LogP contribution in [0.2, 0.25) is 0 Å². The van der Waals surface area contributed by atoms with Gasteiger partial charge in [-0.05, 0) is 60.5 Å². The van der Waals surface area contributed by atoms with E-state index in [4.69, 9.17) is 5.26 Å². The third-order valence-corrected chi connectivity index (χ3v) is 4.58. The standard InChI is InChI=1S/C24H18F3N3O2/c25-24(26,27)19-4-2-6-21(14-19)30-23(32)18-3-1-5-20(13-18)29-22(31)12-11-16-7-9-17(15-28)10-8-16/h1-10,13-14H,11-12H2,(H,29,31)(H,30,32). The Kier molecular flexibility index (Phi) is 6.90. The monoisotopic (exact) mass is 437 g/mol. The number of amides is 2. The number of carbonyl (C=O) groups excluding carboxylic acids is 2. The summed E-state index contributed by atoms with van der Waals surface area (Å²) in [6.07, 6.45) is -3.83. The van der Waals surface area contributed by atoms with E-state index in [0.717, 1.165) is 17.7 Å². The highest BCUT2D eigenvalue weighted by Crippen LogP contribution is 2.30. The molecule has 0 saturated carbocycles. The van der Waals surface area contributed by atoms with E-state index >= 15 is 0 Å². The van der Waals surface area contributed by atoms with E-state index in [1.54, 1.807) is 36.4 Å². The van der Waals surface area contributed by atoms with Gasteiger partial charge in [0.1, 0.15) is 0 Å². The van der Waals surface area contributed by atoms with Crippen molar-refractivity contribution in [2.75, 3.05) is 10.6 Å². The van der Waals surface area contributed by atoms with Crippen LogP contribution < -0.4 is 10.6 Å². The molecule has 0 spiro atoms. The predicted octanol–water partition coefficient (Wildman–Crippen LogP) is 5.40. The van der Waals surface area contributed by atoms with Gasteiger partial charge in [0.25, 0.3) is 5.91 Å². The first-order valence-electron chi connectivity index (χ1n) is 9.62. The summed E-state index contributed by atoms with van der Waals surface area (Å²) in [7, 11) is 0. The van der Waals surface area contributed by atoms with Crippen LogP contribution in [0.3, 0.4) is 0 Å². The van der Waals surface area contributed by atoms with Gasteiger partial charge in [-0.2, -0.15) is 18.4 Å². The second-order valence-electron chi connectivity index (χ2n) is 6.97. The van der Waals surface area contributed by atoms with Gasteiger partial charge < -0.3 is 10.6 Å². The number of carbonyl (C=O) groups is 2. The summed E-state index contributed by atoms with van der Waals surface area (Å²) in [5, 5.41) is 13.9. The molecule has 162 valence electrons.